The molecular formula is C26H30N2O5. The number of hydrogen-bond acceptors (Lipinski definition) is 5. The number of ether oxygens (including phenoxy) is 2. The number of esters is 1. The molecule has 0 aromatic heterocycles. The lowest BCUT2D eigenvalue weighted by atomic mass is 10.0. The summed E-state index contributed by atoms with van der Waals surface area (Å²) in [6.45, 7) is 1.92. The van der Waals surface area contributed by atoms with Gasteiger partial charge < -0.3 is 19.7 Å². The van der Waals surface area contributed by atoms with Gasteiger partial charge in [-0.2, -0.15) is 0 Å². The zero-order valence-electron chi connectivity index (χ0n) is 18.8. The highest BCUT2D eigenvalue weighted by molar-refractivity contribution is 5.90. The first-order valence-corrected chi connectivity index (χ1v) is 11.5. The summed E-state index contributed by atoms with van der Waals surface area (Å²) < 4.78 is 10.8. The van der Waals surface area contributed by atoms with Crippen molar-refractivity contribution >= 4 is 18.0 Å². The molecule has 1 saturated carbocycles. The van der Waals surface area contributed by atoms with Crippen LogP contribution in [0.5, 0.6) is 0 Å². The molecule has 174 valence electrons. The molecule has 7 nitrogen and oxygen atoms in total. The third kappa shape index (κ3) is 5.53. The summed E-state index contributed by atoms with van der Waals surface area (Å²) in [6, 6.07) is 17.4. The number of likely N-dealkylation sites (tertiary alicyclic amines) is 1. The van der Waals surface area contributed by atoms with Gasteiger partial charge in [-0.3, -0.25) is 4.79 Å². The number of nitrogens with zero attached hydrogens (tertiary/aromatic N) is 1. The third-order valence-corrected chi connectivity index (χ3v) is 6.51. The standard InChI is InChI=1S/C26H30N2O5/c1-18(27-26(31)33-17-20-11-6-3-7-12-20)24(29)28-22-14-8-13-21(22)15-23(28)25(30)32-16-19-9-4-2-5-10-19/h2-7,9-12,18,21-23H,8,13-17H2,1H3,(H,27,31). The first-order valence-electron chi connectivity index (χ1n) is 11.5. The smallest absolute Gasteiger partial charge is 0.408 e. The quantitative estimate of drug-likeness (QED) is 0.649. The Morgan fingerprint density at radius 2 is 1.55 bits per heavy atom. The first kappa shape index (κ1) is 22.8. The summed E-state index contributed by atoms with van der Waals surface area (Å²) in [7, 11) is 0. The normalized spacial score (nSPS) is 22.3. The lowest BCUT2D eigenvalue weighted by Gasteiger charge is -2.31. The fourth-order valence-corrected chi connectivity index (χ4v) is 4.87. The molecule has 2 aromatic rings. The number of nitrogens with one attached hydrogen (secondary N) is 1. The molecule has 7 heteroatoms. The number of hydrogen-bond donors (Lipinski definition) is 1. The largest absolute Gasteiger partial charge is 0.459 e. The molecule has 2 fully saturated rings. The van der Waals surface area contributed by atoms with Crippen LogP contribution in [0.1, 0.15) is 43.7 Å². The minimum Gasteiger partial charge on any atom is -0.459 e. The van der Waals surface area contributed by atoms with Crippen molar-refractivity contribution in [3.8, 4) is 0 Å². The molecule has 33 heavy (non-hydrogen) atoms. The topological polar surface area (TPSA) is 84.9 Å². The van der Waals surface area contributed by atoms with Gasteiger partial charge in [0.2, 0.25) is 5.91 Å². The lowest BCUT2D eigenvalue weighted by molar-refractivity contribution is -0.156. The lowest BCUT2D eigenvalue weighted by Crippen LogP contribution is -2.53. The number of alkyl carbamates (subject to hydrolysis) is 1. The Bertz CT molecular complexity index is 965. The van der Waals surface area contributed by atoms with Crippen molar-refractivity contribution in [3.63, 3.8) is 0 Å². The first-order chi connectivity index (χ1) is 16.0. The van der Waals surface area contributed by atoms with E-state index < -0.39 is 18.2 Å². The molecule has 1 heterocycles. The highest BCUT2D eigenvalue weighted by Crippen LogP contribution is 2.42. The van der Waals surface area contributed by atoms with Gasteiger partial charge in [0.1, 0.15) is 25.3 Å². The number of carbonyl (C=O) groups excluding carboxylic acids is 3. The van der Waals surface area contributed by atoms with Gasteiger partial charge in [0.05, 0.1) is 0 Å². The third-order valence-electron chi connectivity index (χ3n) is 6.51. The fourth-order valence-electron chi connectivity index (χ4n) is 4.87. The monoisotopic (exact) mass is 450 g/mol. The minimum atomic E-state index is -0.808. The zero-order chi connectivity index (χ0) is 23.2. The highest BCUT2D eigenvalue weighted by atomic mass is 16.5. The number of benzene rings is 2. The average Bonchev–Trinajstić information content (AvgIpc) is 3.43. The predicted molar refractivity (Wildman–Crippen MR) is 122 cm³/mol. The van der Waals surface area contributed by atoms with Crippen LogP contribution in [0, 0.1) is 5.92 Å². The predicted octanol–water partition coefficient (Wildman–Crippen LogP) is 3.81. The molecule has 1 N–H and O–H groups in total. The molecule has 2 aliphatic rings. The summed E-state index contributed by atoms with van der Waals surface area (Å²) in [5.41, 5.74) is 1.76. The molecule has 0 radical (unpaired) electrons. The molecule has 4 atom stereocenters. The van der Waals surface area contributed by atoms with Crippen molar-refractivity contribution in [2.45, 2.75) is 63.9 Å². The Balaban J connectivity index is 1.36. The van der Waals surface area contributed by atoms with Gasteiger partial charge in [-0.15, -0.1) is 0 Å². The SMILES string of the molecule is CC(NC(=O)OCc1ccccc1)C(=O)N1C(C(=O)OCc2ccccc2)CC2CCCC21. The molecular weight excluding hydrogens is 420 g/mol. The van der Waals surface area contributed by atoms with Crippen molar-refractivity contribution in [2.75, 3.05) is 0 Å². The van der Waals surface area contributed by atoms with E-state index in [0.29, 0.717) is 12.3 Å². The van der Waals surface area contributed by atoms with E-state index in [1.807, 2.05) is 60.7 Å². The summed E-state index contributed by atoms with van der Waals surface area (Å²) >= 11 is 0. The Hall–Kier alpha value is -3.35. The maximum Gasteiger partial charge on any atom is 0.408 e. The highest BCUT2D eigenvalue weighted by Gasteiger charge is 2.50. The van der Waals surface area contributed by atoms with Crippen molar-refractivity contribution in [3.05, 3.63) is 71.8 Å². The summed E-state index contributed by atoms with van der Waals surface area (Å²) in [5, 5.41) is 2.62. The average molecular weight is 451 g/mol. The van der Waals surface area contributed by atoms with E-state index in [-0.39, 0.29) is 31.1 Å². The van der Waals surface area contributed by atoms with Gasteiger partial charge >= 0.3 is 12.1 Å². The number of rotatable bonds is 7. The molecule has 2 amide bonds. The van der Waals surface area contributed by atoms with E-state index in [1.165, 1.54) is 0 Å². The molecule has 0 spiro atoms. The second-order valence-electron chi connectivity index (χ2n) is 8.78. The molecule has 1 aliphatic carbocycles. The van der Waals surface area contributed by atoms with Crippen LogP contribution < -0.4 is 5.32 Å². The van der Waals surface area contributed by atoms with E-state index in [9.17, 15) is 14.4 Å². The number of carbonyl (C=O) groups is 3. The van der Waals surface area contributed by atoms with Gasteiger partial charge in [-0.25, -0.2) is 9.59 Å². The summed E-state index contributed by atoms with van der Waals surface area (Å²) in [6.07, 6.45) is 2.84. The van der Waals surface area contributed by atoms with Crippen LogP contribution in [0.4, 0.5) is 4.79 Å². The summed E-state index contributed by atoms with van der Waals surface area (Å²) in [5.74, 6) is -0.372. The van der Waals surface area contributed by atoms with E-state index in [1.54, 1.807) is 11.8 Å². The minimum absolute atomic E-state index is 0.0105. The molecule has 4 rings (SSSR count). The van der Waals surface area contributed by atoms with Gasteiger partial charge in [-0.05, 0) is 43.2 Å². The van der Waals surface area contributed by atoms with Gasteiger partial charge in [0.15, 0.2) is 0 Å². The fraction of sp³-hybridized carbons (Fsp3) is 0.423. The second kappa shape index (κ2) is 10.5. The molecule has 1 aliphatic heterocycles. The zero-order valence-corrected chi connectivity index (χ0v) is 18.8. The van der Waals surface area contributed by atoms with Crippen LogP contribution in [-0.4, -0.2) is 41.0 Å². The summed E-state index contributed by atoms with van der Waals surface area (Å²) in [4.78, 5) is 40.2. The Morgan fingerprint density at radius 3 is 2.18 bits per heavy atom. The van der Waals surface area contributed by atoms with Crippen molar-refractivity contribution in [1.29, 1.82) is 0 Å². The Morgan fingerprint density at radius 1 is 0.939 bits per heavy atom. The number of fused-ring (bicyclic) bond motifs is 1. The molecule has 4 unspecified atom stereocenters. The van der Waals surface area contributed by atoms with Crippen molar-refractivity contribution < 1.29 is 23.9 Å². The van der Waals surface area contributed by atoms with Gasteiger partial charge in [-0.1, -0.05) is 67.1 Å². The van der Waals surface area contributed by atoms with Gasteiger partial charge in [0.25, 0.3) is 0 Å². The van der Waals surface area contributed by atoms with Crippen LogP contribution in [-0.2, 0) is 32.3 Å². The molecule has 1 saturated heterocycles. The maximum absolute atomic E-state index is 13.3. The van der Waals surface area contributed by atoms with Crippen LogP contribution >= 0.6 is 0 Å². The van der Waals surface area contributed by atoms with Crippen molar-refractivity contribution in [2.24, 2.45) is 5.92 Å². The number of amides is 2. The Labute approximate surface area is 194 Å². The molecule has 0 bridgehead atoms. The van der Waals surface area contributed by atoms with E-state index in [2.05, 4.69) is 5.32 Å². The van der Waals surface area contributed by atoms with E-state index >= 15 is 0 Å². The van der Waals surface area contributed by atoms with Crippen LogP contribution in [0.15, 0.2) is 60.7 Å². The molecule has 2 aromatic carbocycles. The van der Waals surface area contributed by atoms with E-state index in [0.717, 1.165) is 30.4 Å². The van der Waals surface area contributed by atoms with Crippen LogP contribution in [0.2, 0.25) is 0 Å². The second-order valence-corrected chi connectivity index (χ2v) is 8.78. The van der Waals surface area contributed by atoms with Gasteiger partial charge in [0, 0.05) is 6.04 Å². The Kier molecular flexibility index (Phi) is 7.27. The maximum atomic E-state index is 13.3. The van der Waals surface area contributed by atoms with Crippen LogP contribution in [0.3, 0.4) is 0 Å². The van der Waals surface area contributed by atoms with E-state index in [4.69, 9.17) is 9.47 Å². The van der Waals surface area contributed by atoms with Crippen molar-refractivity contribution in [1.82, 2.24) is 10.2 Å². The van der Waals surface area contributed by atoms with Crippen LogP contribution in [0.25, 0.3) is 0 Å².